The number of anilines is 1. The molecule has 1 fully saturated rings. The lowest BCUT2D eigenvalue weighted by molar-refractivity contribution is -0.138. The lowest BCUT2D eigenvalue weighted by Gasteiger charge is -2.24. The molecule has 5 nitrogen and oxygen atoms in total. The van der Waals surface area contributed by atoms with Crippen molar-refractivity contribution in [1.82, 2.24) is 4.98 Å². The number of aromatic nitrogens is 1. The molecule has 1 aliphatic rings. The topological polar surface area (TPSA) is 67.3 Å². The first kappa shape index (κ1) is 13.6. The first-order valence-corrected chi connectivity index (χ1v) is 7.31. The van der Waals surface area contributed by atoms with Gasteiger partial charge in [0, 0.05) is 11.6 Å². The van der Waals surface area contributed by atoms with E-state index >= 15 is 0 Å². The SMILES string of the molecule is CC(=O)C1C(=O)C(=O)N(c2nccs2)C1c1ccccc1. The van der Waals surface area contributed by atoms with Gasteiger partial charge in [0.25, 0.3) is 5.91 Å². The van der Waals surface area contributed by atoms with Gasteiger partial charge >= 0.3 is 0 Å². The Morgan fingerprint density at radius 3 is 2.52 bits per heavy atom. The molecule has 1 aliphatic heterocycles. The molecule has 2 unspecified atom stereocenters. The fourth-order valence-corrected chi connectivity index (χ4v) is 3.29. The van der Waals surface area contributed by atoms with Crippen molar-refractivity contribution in [3.63, 3.8) is 0 Å². The van der Waals surface area contributed by atoms with E-state index < -0.39 is 23.7 Å². The molecule has 0 aliphatic carbocycles. The summed E-state index contributed by atoms with van der Waals surface area (Å²) in [5, 5.41) is 2.17. The number of rotatable bonds is 3. The molecule has 0 N–H and O–H groups in total. The molecular formula is C15H12N2O3S. The number of thiazole rings is 1. The van der Waals surface area contributed by atoms with Gasteiger partial charge in [0.2, 0.25) is 5.78 Å². The van der Waals surface area contributed by atoms with Crippen LogP contribution in [0.3, 0.4) is 0 Å². The summed E-state index contributed by atoms with van der Waals surface area (Å²) in [7, 11) is 0. The zero-order chi connectivity index (χ0) is 15.0. The predicted molar refractivity (Wildman–Crippen MR) is 78.0 cm³/mol. The average molecular weight is 300 g/mol. The minimum Gasteiger partial charge on any atom is -0.299 e. The van der Waals surface area contributed by atoms with Crippen LogP contribution in [-0.2, 0) is 14.4 Å². The second-order valence-electron chi connectivity index (χ2n) is 4.80. The number of carbonyl (C=O) groups excluding carboxylic acids is 3. The number of hydrogen-bond acceptors (Lipinski definition) is 5. The zero-order valence-electron chi connectivity index (χ0n) is 11.2. The molecule has 1 saturated heterocycles. The number of amides is 1. The molecular weight excluding hydrogens is 288 g/mol. The second kappa shape index (κ2) is 5.21. The van der Waals surface area contributed by atoms with Crippen molar-refractivity contribution in [2.24, 2.45) is 5.92 Å². The maximum Gasteiger partial charge on any atom is 0.297 e. The Kier molecular flexibility index (Phi) is 3.39. The van der Waals surface area contributed by atoms with Crippen LogP contribution in [0.4, 0.5) is 5.13 Å². The van der Waals surface area contributed by atoms with Crippen molar-refractivity contribution >= 4 is 33.9 Å². The summed E-state index contributed by atoms with van der Waals surface area (Å²) in [5.41, 5.74) is 0.757. The van der Waals surface area contributed by atoms with Gasteiger partial charge in [-0.25, -0.2) is 4.98 Å². The van der Waals surface area contributed by atoms with Crippen LogP contribution in [0.5, 0.6) is 0 Å². The number of nitrogens with zero attached hydrogens (tertiary/aromatic N) is 2. The van der Waals surface area contributed by atoms with Crippen LogP contribution in [-0.4, -0.2) is 22.5 Å². The van der Waals surface area contributed by atoms with Crippen molar-refractivity contribution in [3.05, 3.63) is 47.5 Å². The average Bonchev–Trinajstić information content (AvgIpc) is 3.07. The van der Waals surface area contributed by atoms with Crippen LogP contribution >= 0.6 is 11.3 Å². The number of hydrogen-bond donors (Lipinski definition) is 0. The Morgan fingerprint density at radius 1 is 1.24 bits per heavy atom. The normalized spacial score (nSPS) is 21.9. The Morgan fingerprint density at radius 2 is 1.95 bits per heavy atom. The molecule has 0 spiro atoms. The van der Waals surface area contributed by atoms with Crippen molar-refractivity contribution < 1.29 is 14.4 Å². The van der Waals surface area contributed by atoms with Gasteiger partial charge in [0.1, 0.15) is 11.7 Å². The van der Waals surface area contributed by atoms with Crippen LogP contribution in [0.1, 0.15) is 18.5 Å². The van der Waals surface area contributed by atoms with Crippen LogP contribution < -0.4 is 4.90 Å². The first-order chi connectivity index (χ1) is 10.1. The van der Waals surface area contributed by atoms with Gasteiger partial charge in [-0.2, -0.15) is 0 Å². The third-order valence-corrected chi connectivity index (χ3v) is 4.28. The molecule has 3 rings (SSSR count). The highest BCUT2D eigenvalue weighted by Gasteiger charge is 2.51. The largest absolute Gasteiger partial charge is 0.299 e. The maximum atomic E-state index is 12.3. The van der Waals surface area contributed by atoms with Crippen molar-refractivity contribution in [2.45, 2.75) is 13.0 Å². The van der Waals surface area contributed by atoms with E-state index in [-0.39, 0.29) is 5.78 Å². The third kappa shape index (κ3) is 2.17. The van der Waals surface area contributed by atoms with E-state index in [0.29, 0.717) is 5.13 Å². The van der Waals surface area contributed by atoms with Crippen LogP contribution in [0.2, 0.25) is 0 Å². The summed E-state index contributed by atoms with van der Waals surface area (Å²) in [5.74, 6) is -2.60. The summed E-state index contributed by atoms with van der Waals surface area (Å²) in [6.07, 6.45) is 1.57. The summed E-state index contributed by atoms with van der Waals surface area (Å²) in [4.78, 5) is 41.8. The molecule has 0 radical (unpaired) electrons. The second-order valence-corrected chi connectivity index (χ2v) is 5.67. The number of benzene rings is 1. The molecule has 106 valence electrons. The highest BCUT2D eigenvalue weighted by Crippen LogP contribution is 2.40. The minimum absolute atomic E-state index is 0.304. The Balaban J connectivity index is 2.15. The smallest absolute Gasteiger partial charge is 0.297 e. The molecule has 1 aromatic heterocycles. The molecule has 2 heterocycles. The van der Waals surface area contributed by atoms with E-state index in [2.05, 4.69) is 4.98 Å². The number of carbonyl (C=O) groups is 3. The maximum absolute atomic E-state index is 12.3. The fourth-order valence-electron chi connectivity index (χ4n) is 2.61. The van der Waals surface area contributed by atoms with Gasteiger partial charge in [-0.05, 0) is 12.5 Å². The lowest BCUT2D eigenvalue weighted by Crippen LogP contribution is -2.30. The number of Topliss-reactive ketones (excluding diaryl/α,β-unsaturated/α-hetero) is 2. The molecule has 0 bridgehead atoms. The van der Waals surface area contributed by atoms with E-state index in [1.807, 2.05) is 30.3 Å². The molecule has 2 atom stereocenters. The minimum atomic E-state index is -0.969. The summed E-state index contributed by atoms with van der Waals surface area (Å²) < 4.78 is 0. The molecule has 6 heteroatoms. The van der Waals surface area contributed by atoms with Gasteiger partial charge < -0.3 is 0 Å². The molecule has 1 aromatic carbocycles. The zero-order valence-corrected chi connectivity index (χ0v) is 12.0. The number of ketones is 2. The molecule has 2 aromatic rings. The van der Waals surface area contributed by atoms with Crippen molar-refractivity contribution in [1.29, 1.82) is 0 Å². The van der Waals surface area contributed by atoms with E-state index in [9.17, 15) is 14.4 Å². The standard InChI is InChI=1S/C15H12N2O3S/c1-9(18)11-12(10-5-3-2-4-6-10)17(14(20)13(11)19)15-16-7-8-21-15/h2-8,11-12H,1H3. The van der Waals surface area contributed by atoms with Crippen LogP contribution in [0.25, 0.3) is 0 Å². The van der Waals surface area contributed by atoms with Crippen LogP contribution in [0, 0.1) is 5.92 Å². The van der Waals surface area contributed by atoms with Gasteiger partial charge in [0.15, 0.2) is 5.13 Å². The Bertz CT molecular complexity index is 697. The molecule has 21 heavy (non-hydrogen) atoms. The summed E-state index contributed by atoms with van der Waals surface area (Å²) in [6, 6.07) is 8.49. The van der Waals surface area contributed by atoms with Gasteiger partial charge in [-0.3, -0.25) is 19.3 Å². The molecule has 1 amide bonds. The fraction of sp³-hybridized carbons (Fsp3) is 0.200. The Labute approximate surface area is 125 Å². The molecule has 0 saturated carbocycles. The van der Waals surface area contributed by atoms with E-state index in [4.69, 9.17) is 0 Å². The van der Waals surface area contributed by atoms with Gasteiger partial charge in [0.05, 0.1) is 6.04 Å². The van der Waals surface area contributed by atoms with Gasteiger partial charge in [-0.1, -0.05) is 30.3 Å². The Hall–Kier alpha value is -2.34. The van der Waals surface area contributed by atoms with E-state index in [1.165, 1.54) is 23.2 Å². The summed E-state index contributed by atoms with van der Waals surface area (Å²) >= 11 is 1.27. The van der Waals surface area contributed by atoms with Gasteiger partial charge in [-0.15, -0.1) is 11.3 Å². The van der Waals surface area contributed by atoms with E-state index in [0.717, 1.165) is 5.56 Å². The quantitative estimate of drug-likeness (QED) is 0.642. The van der Waals surface area contributed by atoms with Crippen LogP contribution in [0.15, 0.2) is 41.9 Å². The van der Waals surface area contributed by atoms with E-state index in [1.54, 1.807) is 11.6 Å². The summed E-state index contributed by atoms with van der Waals surface area (Å²) in [6.45, 7) is 1.34. The van der Waals surface area contributed by atoms with Crippen molar-refractivity contribution in [2.75, 3.05) is 4.90 Å². The highest BCUT2D eigenvalue weighted by molar-refractivity contribution is 7.14. The van der Waals surface area contributed by atoms with Crippen molar-refractivity contribution in [3.8, 4) is 0 Å². The first-order valence-electron chi connectivity index (χ1n) is 6.43. The monoisotopic (exact) mass is 300 g/mol. The third-order valence-electron chi connectivity index (χ3n) is 3.51. The predicted octanol–water partition coefficient (Wildman–Crippen LogP) is 2.01. The lowest BCUT2D eigenvalue weighted by atomic mass is 9.90. The highest BCUT2D eigenvalue weighted by atomic mass is 32.1.